The average Bonchev–Trinajstić information content (AvgIpc) is 2.41. The van der Waals surface area contributed by atoms with Crippen LogP contribution >= 0.6 is 0 Å². The van der Waals surface area contributed by atoms with Gasteiger partial charge >= 0.3 is 0 Å². The van der Waals surface area contributed by atoms with Gasteiger partial charge in [-0.2, -0.15) is 0 Å². The van der Waals surface area contributed by atoms with E-state index >= 15 is 0 Å². The van der Waals surface area contributed by atoms with Crippen molar-refractivity contribution in [2.45, 2.75) is 19.3 Å². The highest BCUT2D eigenvalue weighted by atomic mass is 16.3. The van der Waals surface area contributed by atoms with Crippen LogP contribution in [0.25, 0.3) is 0 Å². The summed E-state index contributed by atoms with van der Waals surface area (Å²) in [5.74, 6) is 0.690. The summed E-state index contributed by atoms with van der Waals surface area (Å²) < 4.78 is 0. The number of carbonyl (C=O) groups is 1. The van der Waals surface area contributed by atoms with Gasteiger partial charge in [0.2, 0.25) is 5.91 Å². The molecule has 1 fully saturated rings. The smallest absolute Gasteiger partial charge is 0.226 e. The van der Waals surface area contributed by atoms with Crippen molar-refractivity contribution in [2.24, 2.45) is 5.92 Å². The molecule has 2 rings (SSSR count). The molecular formula is C14H19NO3. The first-order valence-corrected chi connectivity index (χ1v) is 6.35. The van der Waals surface area contributed by atoms with Crippen LogP contribution in [0.4, 0.5) is 0 Å². The van der Waals surface area contributed by atoms with E-state index in [2.05, 4.69) is 0 Å². The fourth-order valence-corrected chi connectivity index (χ4v) is 2.27. The van der Waals surface area contributed by atoms with Crippen LogP contribution in [0.1, 0.15) is 18.4 Å². The van der Waals surface area contributed by atoms with Crippen molar-refractivity contribution in [1.82, 2.24) is 4.90 Å². The lowest BCUT2D eigenvalue weighted by Gasteiger charge is -2.31. The Labute approximate surface area is 107 Å². The summed E-state index contributed by atoms with van der Waals surface area (Å²) in [4.78, 5) is 13.9. The molecule has 18 heavy (non-hydrogen) atoms. The van der Waals surface area contributed by atoms with Crippen LogP contribution in [0.3, 0.4) is 0 Å². The molecule has 1 aliphatic heterocycles. The van der Waals surface area contributed by atoms with Gasteiger partial charge in [-0.1, -0.05) is 12.1 Å². The van der Waals surface area contributed by atoms with Gasteiger partial charge in [-0.25, -0.2) is 0 Å². The molecule has 0 aromatic heterocycles. The number of piperidine rings is 1. The first kappa shape index (κ1) is 12.9. The number of phenols is 1. The third-order valence-electron chi connectivity index (χ3n) is 3.52. The quantitative estimate of drug-likeness (QED) is 0.845. The summed E-state index contributed by atoms with van der Waals surface area (Å²) in [6.07, 6.45) is 2.15. The third-order valence-corrected chi connectivity index (χ3v) is 3.52. The van der Waals surface area contributed by atoms with Gasteiger partial charge < -0.3 is 15.1 Å². The van der Waals surface area contributed by atoms with Gasteiger partial charge in [-0.15, -0.1) is 0 Å². The van der Waals surface area contributed by atoms with E-state index in [1.807, 2.05) is 4.90 Å². The number of likely N-dealkylation sites (tertiary alicyclic amines) is 1. The molecule has 1 amide bonds. The largest absolute Gasteiger partial charge is 0.508 e. The van der Waals surface area contributed by atoms with Crippen LogP contribution in [0, 0.1) is 5.92 Å². The number of benzene rings is 1. The number of phenolic OH excluding ortho intramolecular Hbond substituents is 1. The minimum atomic E-state index is 0.122. The van der Waals surface area contributed by atoms with Gasteiger partial charge in [0.25, 0.3) is 0 Å². The Hall–Kier alpha value is -1.55. The molecule has 4 nitrogen and oxygen atoms in total. The lowest BCUT2D eigenvalue weighted by molar-refractivity contribution is -0.132. The molecule has 0 radical (unpaired) electrons. The maximum Gasteiger partial charge on any atom is 0.226 e. The molecule has 0 saturated carbocycles. The van der Waals surface area contributed by atoms with Crippen LogP contribution in [-0.4, -0.2) is 40.7 Å². The average molecular weight is 249 g/mol. The molecule has 4 heteroatoms. The Bertz CT molecular complexity index is 394. The van der Waals surface area contributed by atoms with Crippen LogP contribution in [0.2, 0.25) is 0 Å². The Morgan fingerprint density at radius 2 is 1.83 bits per heavy atom. The van der Waals surface area contributed by atoms with Gasteiger partial charge in [0, 0.05) is 19.7 Å². The number of hydrogen-bond donors (Lipinski definition) is 2. The predicted octanol–water partition coefficient (Wildman–Crippen LogP) is 1.17. The third kappa shape index (κ3) is 3.23. The van der Waals surface area contributed by atoms with Crippen LogP contribution in [0.5, 0.6) is 5.75 Å². The van der Waals surface area contributed by atoms with Crippen molar-refractivity contribution in [1.29, 1.82) is 0 Å². The monoisotopic (exact) mass is 249 g/mol. The fourth-order valence-electron chi connectivity index (χ4n) is 2.27. The van der Waals surface area contributed by atoms with Crippen molar-refractivity contribution >= 4 is 5.91 Å². The Morgan fingerprint density at radius 3 is 2.39 bits per heavy atom. The van der Waals surface area contributed by atoms with Crippen LogP contribution in [-0.2, 0) is 11.2 Å². The summed E-state index contributed by atoms with van der Waals surface area (Å²) in [6, 6.07) is 6.74. The zero-order valence-corrected chi connectivity index (χ0v) is 10.4. The lowest BCUT2D eigenvalue weighted by Crippen LogP contribution is -2.40. The standard InChI is InChI=1S/C14H19NO3/c16-10-12-5-7-15(8-6-12)14(18)9-11-1-3-13(17)4-2-11/h1-4,12,16-17H,5-10H2. The van der Waals surface area contributed by atoms with E-state index < -0.39 is 0 Å². The molecule has 0 bridgehead atoms. The first-order valence-electron chi connectivity index (χ1n) is 6.35. The number of aromatic hydroxyl groups is 1. The van der Waals surface area contributed by atoms with Crippen molar-refractivity contribution in [3.63, 3.8) is 0 Å². The number of amides is 1. The number of nitrogens with zero attached hydrogens (tertiary/aromatic N) is 1. The zero-order valence-electron chi connectivity index (χ0n) is 10.4. The summed E-state index contributed by atoms with van der Waals surface area (Å²) in [7, 11) is 0. The van der Waals surface area contributed by atoms with Crippen LogP contribution in [0.15, 0.2) is 24.3 Å². The van der Waals surface area contributed by atoms with E-state index in [0.29, 0.717) is 12.3 Å². The SMILES string of the molecule is O=C(Cc1ccc(O)cc1)N1CCC(CO)CC1. The second kappa shape index (κ2) is 5.87. The summed E-state index contributed by atoms with van der Waals surface area (Å²) in [6.45, 7) is 1.70. The topological polar surface area (TPSA) is 60.8 Å². The highest BCUT2D eigenvalue weighted by molar-refractivity contribution is 5.78. The second-order valence-electron chi connectivity index (χ2n) is 4.85. The Balaban J connectivity index is 1.87. The molecule has 0 atom stereocenters. The van der Waals surface area contributed by atoms with Crippen LogP contribution < -0.4 is 0 Å². The summed E-state index contributed by atoms with van der Waals surface area (Å²) in [5.41, 5.74) is 0.919. The molecule has 0 spiro atoms. The molecule has 2 N–H and O–H groups in total. The number of aliphatic hydroxyl groups excluding tert-OH is 1. The molecule has 1 heterocycles. The Morgan fingerprint density at radius 1 is 1.22 bits per heavy atom. The minimum Gasteiger partial charge on any atom is -0.508 e. The van der Waals surface area contributed by atoms with E-state index in [4.69, 9.17) is 5.11 Å². The number of carbonyl (C=O) groups excluding carboxylic acids is 1. The maximum absolute atomic E-state index is 12.0. The first-order chi connectivity index (χ1) is 8.69. The van der Waals surface area contributed by atoms with E-state index in [1.165, 1.54) is 0 Å². The van der Waals surface area contributed by atoms with Gasteiger partial charge in [0.05, 0.1) is 6.42 Å². The van der Waals surface area contributed by atoms with Crippen molar-refractivity contribution in [2.75, 3.05) is 19.7 Å². The molecular weight excluding hydrogens is 230 g/mol. The molecule has 1 aromatic carbocycles. The zero-order chi connectivity index (χ0) is 13.0. The van der Waals surface area contributed by atoms with Gasteiger partial charge in [0.1, 0.15) is 5.75 Å². The summed E-state index contributed by atoms with van der Waals surface area (Å²) in [5, 5.41) is 18.2. The van der Waals surface area contributed by atoms with Gasteiger partial charge in [0.15, 0.2) is 0 Å². The maximum atomic E-state index is 12.0. The highest BCUT2D eigenvalue weighted by Gasteiger charge is 2.22. The highest BCUT2D eigenvalue weighted by Crippen LogP contribution is 2.18. The molecule has 98 valence electrons. The molecule has 1 saturated heterocycles. The molecule has 1 aliphatic rings. The fraction of sp³-hybridized carbons (Fsp3) is 0.500. The van der Waals surface area contributed by atoms with E-state index in [9.17, 15) is 9.90 Å². The molecule has 0 aliphatic carbocycles. The van der Waals surface area contributed by atoms with Gasteiger partial charge in [-0.3, -0.25) is 4.79 Å². The van der Waals surface area contributed by atoms with Crippen molar-refractivity contribution in [3.05, 3.63) is 29.8 Å². The Kier molecular flexibility index (Phi) is 4.20. The molecule has 0 unspecified atom stereocenters. The number of aliphatic hydroxyl groups is 1. The number of hydrogen-bond acceptors (Lipinski definition) is 3. The van der Waals surface area contributed by atoms with Crippen molar-refractivity contribution < 1.29 is 15.0 Å². The van der Waals surface area contributed by atoms with E-state index in [-0.39, 0.29) is 18.3 Å². The van der Waals surface area contributed by atoms with Crippen molar-refractivity contribution in [3.8, 4) is 5.75 Å². The van der Waals surface area contributed by atoms with E-state index in [0.717, 1.165) is 31.5 Å². The lowest BCUT2D eigenvalue weighted by atomic mass is 9.97. The second-order valence-corrected chi connectivity index (χ2v) is 4.85. The molecule has 1 aromatic rings. The predicted molar refractivity (Wildman–Crippen MR) is 68.2 cm³/mol. The number of rotatable bonds is 3. The van der Waals surface area contributed by atoms with E-state index in [1.54, 1.807) is 24.3 Å². The van der Waals surface area contributed by atoms with Gasteiger partial charge in [-0.05, 0) is 36.5 Å². The minimum absolute atomic E-state index is 0.122. The normalized spacial score (nSPS) is 16.8. The summed E-state index contributed by atoms with van der Waals surface area (Å²) >= 11 is 0.